The smallest absolute Gasteiger partial charge is 0.399 e. The summed E-state index contributed by atoms with van der Waals surface area (Å²) in [4.78, 5) is 8.26. The lowest BCUT2D eigenvalue weighted by molar-refractivity contribution is 0.00578. The molecule has 1 aliphatic heterocycles. The van der Waals surface area contributed by atoms with Crippen molar-refractivity contribution in [1.82, 2.24) is 39.5 Å². The summed E-state index contributed by atoms with van der Waals surface area (Å²) >= 11 is 3.33. The van der Waals surface area contributed by atoms with Crippen molar-refractivity contribution in [2.24, 2.45) is 0 Å². The van der Waals surface area contributed by atoms with E-state index in [1.54, 1.807) is 59.2 Å². The van der Waals surface area contributed by atoms with E-state index >= 15 is 0 Å². The third-order valence-electron chi connectivity index (χ3n) is 5.39. The molecule has 5 heterocycles. The van der Waals surface area contributed by atoms with E-state index in [-0.39, 0.29) is 11.2 Å². The van der Waals surface area contributed by atoms with Gasteiger partial charge in [-0.15, -0.1) is 20.4 Å². The van der Waals surface area contributed by atoms with Gasteiger partial charge in [-0.05, 0) is 55.8 Å². The Morgan fingerprint density at radius 1 is 0.719 bits per heavy atom. The van der Waals surface area contributed by atoms with Crippen LogP contribution < -0.4 is 5.46 Å². The van der Waals surface area contributed by atoms with Gasteiger partial charge in [0.05, 0.1) is 35.0 Å². The van der Waals surface area contributed by atoms with Crippen LogP contribution in [0.2, 0.25) is 0 Å². The molecule has 0 aliphatic carbocycles. The van der Waals surface area contributed by atoms with Crippen LogP contribution in [0.3, 0.4) is 0 Å². The van der Waals surface area contributed by atoms with Crippen LogP contribution in [0.4, 0.5) is 0 Å². The van der Waals surface area contributed by atoms with Crippen molar-refractivity contribution in [3.63, 3.8) is 0 Å². The summed E-state index contributed by atoms with van der Waals surface area (Å²) in [5.41, 5.74) is 1.99. The minimum Gasteiger partial charge on any atom is -0.399 e. The van der Waals surface area contributed by atoms with Crippen LogP contribution in [0.5, 0.6) is 0 Å². The molecule has 0 aromatic carbocycles. The zero-order valence-electron chi connectivity index (χ0n) is 18.1. The van der Waals surface area contributed by atoms with E-state index in [4.69, 9.17) is 9.31 Å². The van der Waals surface area contributed by atoms with Crippen molar-refractivity contribution in [1.29, 1.82) is 0 Å². The number of nitrogens with zero attached hydrogens (tertiary/aromatic N) is 8. The molecule has 0 unspecified atom stereocenters. The average Bonchev–Trinajstić information content (AvgIpc) is 3.50. The Morgan fingerprint density at radius 3 is 1.69 bits per heavy atom. The Morgan fingerprint density at radius 2 is 1.19 bits per heavy atom. The highest BCUT2D eigenvalue weighted by atomic mass is 79.9. The maximum absolute atomic E-state index is 6.02. The van der Waals surface area contributed by atoms with Gasteiger partial charge < -0.3 is 9.31 Å². The van der Waals surface area contributed by atoms with E-state index in [0.717, 1.165) is 21.3 Å². The second-order valence-corrected chi connectivity index (χ2v) is 9.08. The molecule has 0 atom stereocenters. The summed E-state index contributed by atoms with van der Waals surface area (Å²) in [6.07, 6.45) is 13.5. The first-order chi connectivity index (χ1) is 15.2. The van der Waals surface area contributed by atoms with E-state index in [0.29, 0.717) is 0 Å². The zero-order chi connectivity index (χ0) is 22.8. The lowest BCUT2D eigenvalue weighted by atomic mass is 9.80. The van der Waals surface area contributed by atoms with Crippen LogP contribution in [0.25, 0.3) is 11.4 Å². The Kier molecular flexibility index (Phi) is 6.18. The first-order valence-corrected chi connectivity index (χ1v) is 10.7. The number of halogens is 1. The van der Waals surface area contributed by atoms with Crippen LogP contribution in [-0.2, 0) is 9.31 Å². The van der Waals surface area contributed by atoms with Gasteiger partial charge in [-0.1, -0.05) is 0 Å². The number of rotatable bonds is 3. The molecule has 5 rings (SSSR count). The van der Waals surface area contributed by atoms with Crippen LogP contribution in [0, 0.1) is 0 Å². The molecule has 0 amide bonds. The van der Waals surface area contributed by atoms with Gasteiger partial charge in [0.15, 0.2) is 0 Å². The van der Waals surface area contributed by atoms with Gasteiger partial charge in [0.25, 0.3) is 0 Å². The minimum absolute atomic E-state index is 0.357. The van der Waals surface area contributed by atoms with Gasteiger partial charge >= 0.3 is 7.12 Å². The van der Waals surface area contributed by atoms with Crippen molar-refractivity contribution >= 4 is 28.5 Å². The summed E-state index contributed by atoms with van der Waals surface area (Å²) in [6.45, 7) is 8.13. The van der Waals surface area contributed by atoms with Gasteiger partial charge in [0, 0.05) is 22.3 Å². The molecular weight excluding hydrogens is 475 g/mol. The van der Waals surface area contributed by atoms with Crippen LogP contribution in [-0.4, -0.2) is 57.8 Å². The third-order valence-corrected chi connectivity index (χ3v) is 5.83. The monoisotopic (exact) mass is 496 g/mol. The van der Waals surface area contributed by atoms with E-state index < -0.39 is 7.12 Å². The standard InChI is InChI=1S/C13H17BN4O2.C7H5BrN4/c1-12(2)13(3,4)20-14(19-12)10-5-11(7-15-6-10)18-8-16-17-9-18;8-6-1-7(3-9-2-6)12-4-10-11-5-12/h5-9H,1-4H3;1-5H. The molecule has 0 saturated carbocycles. The fourth-order valence-electron chi connectivity index (χ4n) is 2.90. The second-order valence-electron chi connectivity index (χ2n) is 8.16. The molecule has 12 heteroatoms. The highest BCUT2D eigenvalue weighted by molar-refractivity contribution is 9.10. The first kappa shape index (κ1) is 22.2. The minimum atomic E-state index is -0.413. The van der Waals surface area contributed by atoms with Crippen LogP contribution in [0.15, 0.2) is 66.7 Å². The van der Waals surface area contributed by atoms with E-state index in [1.165, 1.54) is 0 Å². The summed E-state index contributed by atoms with van der Waals surface area (Å²) in [5.74, 6) is 0. The molecule has 0 radical (unpaired) electrons. The fraction of sp³-hybridized carbons (Fsp3) is 0.300. The molecule has 32 heavy (non-hydrogen) atoms. The summed E-state index contributed by atoms with van der Waals surface area (Å²) < 4.78 is 16.6. The molecule has 4 aromatic heterocycles. The zero-order valence-corrected chi connectivity index (χ0v) is 19.7. The number of hydrogen-bond donors (Lipinski definition) is 0. The van der Waals surface area contributed by atoms with Crippen molar-refractivity contribution in [3.8, 4) is 11.4 Å². The molecule has 0 bridgehead atoms. The normalized spacial score (nSPS) is 16.5. The summed E-state index contributed by atoms with van der Waals surface area (Å²) in [6, 6.07) is 3.91. The topological polar surface area (TPSA) is 106 Å². The lowest BCUT2D eigenvalue weighted by Gasteiger charge is -2.32. The fourth-order valence-corrected chi connectivity index (χ4v) is 3.26. The van der Waals surface area contributed by atoms with E-state index in [2.05, 4.69) is 46.3 Å². The number of hydrogen-bond acceptors (Lipinski definition) is 8. The predicted octanol–water partition coefficient (Wildman–Crippen LogP) is 2.39. The summed E-state index contributed by atoms with van der Waals surface area (Å²) in [7, 11) is -0.413. The molecule has 1 fully saturated rings. The van der Waals surface area contributed by atoms with E-state index in [1.807, 2.05) is 39.8 Å². The molecule has 1 aliphatic rings. The van der Waals surface area contributed by atoms with Gasteiger partial charge in [-0.2, -0.15) is 0 Å². The highest BCUT2D eigenvalue weighted by Gasteiger charge is 2.51. The maximum Gasteiger partial charge on any atom is 0.496 e. The van der Waals surface area contributed by atoms with E-state index in [9.17, 15) is 0 Å². The molecular formula is C20H22BBrN8O2. The Hall–Kier alpha value is -2.96. The van der Waals surface area contributed by atoms with Gasteiger partial charge in [-0.3, -0.25) is 19.1 Å². The van der Waals surface area contributed by atoms with Crippen molar-refractivity contribution in [3.05, 3.63) is 66.7 Å². The molecule has 164 valence electrons. The molecule has 1 saturated heterocycles. The quantitative estimate of drug-likeness (QED) is 0.398. The Balaban J connectivity index is 0.000000174. The molecule has 10 nitrogen and oxygen atoms in total. The molecule has 0 N–H and O–H groups in total. The Bertz CT molecular complexity index is 1150. The lowest BCUT2D eigenvalue weighted by Crippen LogP contribution is -2.41. The van der Waals surface area contributed by atoms with Crippen molar-refractivity contribution < 1.29 is 9.31 Å². The predicted molar refractivity (Wildman–Crippen MR) is 122 cm³/mol. The largest absolute Gasteiger partial charge is 0.496 e. The molecule has 4 aromatic rings. The average molecular weight is 497 g/mol. The van der Waals surface area contributed by atoms with Gasteiger partial charge in [0.1, 0.15) is 25.3 Å². The number of pyridine rings is 2. The van der Waals surface area contributed by atoms with Crippen molar-refractivity contribution in [2.75, 3.05) is 0 Å². The second kappa shape index (κ2) is 8.89. The number of aromatic nitrogens is 8. The molecule has 0 spiro atoms. The summed E-state index contributed by atoms with van der Waals surface area (Å²) in [5, 5.41) is 15.0. The first-order valence-electron chi connectivity index (χ1n) is 9.86. The highest BCUT2D eigenvalue weighted by Crippen LogP contribution is 2.36. The Labute approximate surface area is 194 Å². The maximum atomic E-state index is 6.02. The van der Waals surface area contributed by atoms with Gasteiger partial charge in [0.2, 0.25) is 0 Å². The van der Waals surface area contributed by atoms with Crippen molar-refractivity contribution in [2.45, 2.75) is 38.9 Å². The van der Waals surface area contributed by atoms with Gasteiger partial charge in [-0.25, -0.2) is 0 Å². The van der Waals surface area contributed by atoms with Crippen LogP contribution >= 0.6 is 15.9 Å². The third kappa shape index (κ3) is 4.77. The SMILES string of the molecule is Brc1cncc(-n2cnnc2)c1.CC1(C)OB(c2cncc(-n3cnnc3)c2)OC1(C)C. The van der Waals surface area contributed by atoms with Crippen LogP contribution in [0.1, 0.15) is 27.7 Å².